The van der Waals surface area contributed by atoms with Gasteiger partial charge >= 0.3 is 0 Å². The van der Waals surface area contributed by atoms with Crippen LogP contribution < -0.4 is 0 Å². The molecule has 0 saturated heterocycles. The maximum Gasteiger partial charge on any atom is 0 e. The monoisotopic (exact) mass is 486 g/mol. The molecule has 0 spiro atoms. The molecule has 0 saturated carbocycles. The van der Waals surface area contributed by atoms with Crippen LogP contribution in [0.1, 0.15) is 27.7 Å². The standard InChI is InChI=1S/2C4H8.CH5NP.2CH3.Ir.Y/c2*1-3-4-2;2-1-3;;;;/h2*3-4H,1-2H3;2H,1,3H2;2*1H3;;/q;;3*-1;;/b2*4-3-;;;;;. The van der Waals surface area contributed by atoms with Crippen LogP contribution in [0.25, 0.3) is 5.73 Å². The Morgan fingerprint density at radius 2 is 0.933 bits per heavy atom. The van der Waals surface area contributed by atoms with Gasteiger partial charge in [-0.15, -0.1) is 6.29 Å². The van der Waals surface area contributed by atoms with Crippen LogP contribution in [0.15, 0.2) is 24.3 Å². The minimum Gasteiger partial charge on any atom is -0.674 e. The third-order valence-electron chi connectivity index (χ3n) is 0.667. The molecule has 0 bridgehead atoms. The van der Waals surface area contributed by atoms with Gasteiger partial charge in [0.2, 0.25) is 0 Å². The van der Waals surface area contributed by atoms with E-state index in [-0.39, 0.29) is 67.7 Å². The number of hydrogen-bond acceptors (Lipinski definition) is 0. The van der Waals surface area contributed by atoms with Gasteiger partial charge in [-0.2, -0.15) is 9.24 Å². The topological polar surface area (TPSA) is 23.8 Å². The third-order valence-corrected chi connectivity index (χ3v) is 0.667. The minimum absolute atomic E-state index is 0. The van der Waals surface area contributed by atoms with Gasteiger partial charge in [-0.1, -0.05) is 24.3 Å². The molecular formula is C11H27IrNPY-3. The van der Waals surface area contributed by atoms with E-state index in [4.69, 9.17) is 5.73 Å². The summed E-state index contributed by atoms with van der Waals surface area (Å²) in [7, 11) is 2.25. The second-order valence-corrected chi connectivity index (χ2v) is 1.95. The molecule has 0 heterocycles. The zero-order valence-corrected chi connectivity index (χ0v) is 17.4. The van der Waals surface area contributed by atoms with Crippen molar-refractivity contribution in [1.29, 1.82) is 0 Å². The first kappa shape index (κ1) is 43.8. The van der Waals surface area contributed by atoms with Gasteiger partial charge in [0, 0.05) is 52.8 Å². The van der Waals surface area contributed by atoms with Gasteiger partial charge in [-0.3, -0.25) is 0 Å². The molecule has 0 aliphatic carbocycles. The molecule has 1 N–H and O–H groups in total. The average Bonchev–Trinajstić information content (AvgIpc) is 2.06. The SMILES string of the molecule is C/C=C\C.C/C=C\C.[CH3-].[CH3-].[Ir].[NH-]CP.[Y]. The van der Waals surface area contributed by atoms with Crippen LogP contribution in [0.5, 0.6) is 0 Å². The van der Waals surface area contributed by atoms with E-state index in [9.17, 15) is 0 Å². The predicted molar refractivity (Wildman–Crippen MR) is 72.7 cm³/mol. The predicted octanol–water partition coefficient (Wildman–Crippen LogP) is 4.93. The summed E-state index contributed by atoms with van der Waals surface area (Å²) in [6.45, 7) is 8.00. The Kier molecular flexibility index (Phi) is 222. The number of hydrogen-bond donors (Lipinski definition) is 0. The minimum atomic E-state index is 0. The molecule has 1 nitrogen and oxygen atoms in total. The summed E-state index contributed by atoms with van der Waals surface area (Å²) in [5.41, 5.74) is 6.17. The van der Waals surface area contributed by atoms with E-state index in [1.807, 2.05) is 52.0 Å². The van der Waals surface area contributed by atoms with Crippen LogP contribution in [-0.4, -0.2) is 6.29 Å². The first-order valence-corrected chi connectivity index (χ1v) is 4.55. The molecule has 4 heteroatoms. The number of rotatable bonds is 0. The van der Waals surface area contributed by atoms with Gasteiger partial charge in [-0.05, 0) is 27.7 Å². The van der Waals surface area contributed by atoms with Crippen LogP contribution in [-0.2, 0) is 52.8 Å². The van der Waals surface area contributed by atoms with Crippen molar-refractivity contribution in [2.24, 2.45) is 0 Å². The maximum atomic E-state index is 6.17. The quantitative estimate of drug-likeness (QED) is 0.264. The molecule has 0 aliphatic rings. The Bertz CT molecular complexity index is 70.7. The van der Waals surface area contributed by atoms with Crippen LogP contribution in [0.3, 0.4) is 0 Å². The first-order chi connectivity index (χ1) is 5.24. The largest absolute Gasteiger partial charge is 0.674 e. The van der Waals surface area contributed by atoms with Gasteiger partial charge in [0.15, 0.2) is 0 Å². The second kappa shape index (κ2) is 76.2. The molecule has 2 radical (unpaired) electrons. The smallest absolute Gasteiger partial charge is 0 e. The summed E-state index contributed by atoms with van der Waals surface area (Å²) in [5.74, 6) is 0. The summed E-state index contributed by atoms with van der Waals surface area (Å²) in [4.78, 5) is 0. The van der Waals surface area contributed by atoms with E-state index in [2.05, 4.69) is 9.24 Å². The molecule has 1 unspecified atom stereocenters. The van der Waals surface area contributed by atoms with Crippen molar-refractivity contribution in [2.75, 3.05) is 6.29 Å². The Morgan fingerprint density at radius 3 is 0.933 bits per heavy atom. The van der Waals surface area contributed by atoms with Crippen LogP contribution >= 0.6 is 9.24 Å². The summed E-state index contributed by atoms with van der Waals surface area (Å²) >= 11 is 0. The van der Waals surface area contributed by atoms with E-state index >= 15 is 0 Å². The van der Waals surface area contributed by atoms with Gasteiger partial charge in [-0.25, -0.2) is 0 Å². The Labute approximate surface area is 140 Å². The van der Waals surface area contributed by atoms with Crippen molar-refractivity contribution < 1.29 is 52.8 Å². The normalized spacial score (nSPS) is 6.27. The summed E-state index contributed by atoms with van der Waals surface area (Å²) in [6.07, 6.45) is 8.42. The van der Waals surface area contributed by atoms with Crippen LogP contribution in [0, 0.1) is 14.9 Å². The van der Waals surface area contributed by atoms with Gasteiger partial charge in [0.05, 0.1) is 0 Å². The van der Waals surface area contributed by atoms with Crippen molar-refractivity contribution in [3.05, 3.63) is 44.9 Å². The molecule has 0 aromatic carbocycles. The molecule has 0 fully saturated rings. The fourth-order valence-electron chi connectivity index (χ4n) is 0. The Morgan fingerprint density at radius 1 is 0.867 bits per heavy atom. The Hall–Kier alpha value is 1.62. The fourth-order valence-corrected chi connectivity index (χ4v) is 0. The molecule has 96 valence electrons. The molecule has 0 aliphatic heterocycles. The molecule has 0 aromatic heterocycles. The molecular weight excluding hydrogens is 458 g/mol. The Balaban J connectivity index is -0.0000000114. The zero-order chi connectivity index (χ0) is 9.54. The summed E-state index contributed by atoms with van der Waals surface area (Å²) < 4.78 is 0. The molecule has 1 atom stereocenters. The number of nitrogens with one attached hydrogen (secondary N) is 1. The van der Waals surface area contributed by atoms with E-state index in [0.29, 0.717) is 6.29 Å². The van der Waals surface area contributed by atoms with Crippen LogP contribution in [0.4, 0.5) is 0 Å². The van der Waals surface area contributed by atoms with E-state index in [1.165, 1.54) is 0 Å². The van der Waals surface area contributed by atoms with Crippen LogP contribution in [0.2, 0.25) is 0 Å². The van der Waals surface area contributed by atoms with E-state index in [0.717, 1.165) is 0 Å². The van der Waals surface area contributed by atoms with Crippen molar-refractivity contribution >= 4 is 9.24 Å². The summed E-state index contributed by atoms with van der Waals surface area (Å²) in [5, 5.41) is 0. The van der Waals surface area contributed by atoms with E-state index < -0.39 is 0 Å². The first-order valence-electron chi connectivity index (χ1n) is 3.74. The second-order valence-electron chi connectivity index (χ2n) is 1.54. The van der Waals surface area contributed by atoms with Gasteiger partial charge < -0.3 is 20.6 Å². The van der Waals surface area contributed by atoms with Crippen molar-refractivity contribution in [3.63, 3.8) is 0 Å². The number of allylic oxidation sites excluding steroid dienone is 4. The molecule has 0 rings (SSSR count). The summed E-state index contributed by atoms with van der Waals surface area (Å²) in [6, 6.07) is 0. The average molecular weight is 485 g/mol. The van der Waals surface area contributed by atoms with Gasteiger partial charge in [0.25, 0.3) is 0 Å². The zero-order valence-electron chi connectivity index (χ0n) is 11.0. The van der Waals surface area contributed by atoms with Crippen molar-refractivity contribution in [1.82, 2.24) is 0 Å². The van der Waals surface area contributed by atoms with Gasteiger partial charge in [0.1, 0.15) is 0 Å². The maximum absolute atomic E-state index is 6.17. The molecule has 0 aromatic rings. The van der Waals surface area contributed by atoms with E-state index in [1.54, 1.807) is 0 Å². The molecule has 15 heavy (non-hydrogen) atoms. The van der Waals surface area contributed by atoms with Crippen molar-refractivity contribution in [3.8, 4) is 0 Å². The van der Waals surface area contributed by atoms with Crippen molar-refractivity contribution in [2.45, 2.75) is 27.7 Å². The molecule has 0 amide bonds. The fraction of sp³-hybridized carbons (Fsp3) is 0.455. The third kappa shape index (κ3) is 221.